The first-order valence-corrected chi connectivity index (χ1v) is 6.19. The summed E-state index contributed by atoms with van der Waals surface area (Å²) in [5.74, 6) is 0.133. The first-order chi connectivity index (χ1) is 9.49. The van der Waals surface area contributed by atoms with Crippen LogP contribution in [0.3, 0.4) is 0 Å². The Morgan fingerprint density at radius 3 is 2.75 bits per heavy atom. The van der Waals surface area contributed by atoms with Gasteiger partial charge in [-0.15, -0.1) is 0 Å². The molecule has 1 aromatic rings. The van der Waals surface area contributed by atoms with E-state index in [0.717, 1.165) is 16.8 Å². The zero-order valence-corrected chi connectivity index (χ0v) is 11.6. The van der Waals surface area contributed by atoms with Crippen LogP contribution >= 0.6 is 0 Å². The number of rotatable bonds is 7. The number of aliphatic hydroxyl groups is 1. The van der Waals surface area contributed by atoms with Gasteiger partial charge in [-0.1, -0.05) is 13.2 Å². The smallest absolute Gasteiger partial charge is 0.0884 e. The van der Waals surface area contributed by atoms with E-state index in [9.17, 15) is 0 Å². The molecule has 1 rings (SSSR count). The van der Waals surface area contributed by atoms with Gasteiger partial charge in [0.25, 0.3) is 0 Å². The molecule has 5 N–H and O–H groups in total. The van der Waals surface area contributed by atoms with Crippen LogP contribution in [-0.2, 0) is 0 Å². The molecular weight excluding hydrogens is 252 g/mol. The number of allylic oxidation sites excluding steroid dienone is 1. The molecule has 0 spiro atoms. The highest BCUT2D eigenvalue weighted by Gasteiger charge is 2.07. The van der Waals surface area contributed by atoms with Crippen molar-refractivity contribution in [2.75, 3.05) is 6.54 Å². The minimum atomic E-state index is 0.133. The van der Waals surface area contributed by atoms with Gasteiger partial charge in [-0.25, -0.2) is 0 Å². The molecule has 0 atom stereocenters. The largest absolute Gasteiger partial charge is 0.513 e. The third-order valence-electron chi connectivity index (χ3n) is 2.78. The van der Waals surface area contributed by atoms with Crippen LogP contribution < -0.4 is 11.1 Å². The van der Waals surface area contributed by atoms with Crippen molar-refractivity contribution in [3.05, 3.63) is 54.2 Å². The van der Waals surface area contributed by atoms with Crippen LogP contribution in [0, 0.1) is 12.3 Å². The summed E-state index contributed by atoms with van der Waals surface area (Å²) in [6, 6.07) is 1.91. The SMILES string of the molecule is C=C(O)CCNC(=C)c1ncc(/C(C=N)=C/N)cc1C. The van der Waals surface area contributed by atoms with E-state index in [1.165, 1.54) is 12.4 Å². The maximum Gasteiger partial charge on any atom is 0.0884 e. The van der Waals surface area contributed by atoms with E-state index in [-0.39, 0.29) is 5.76 Å². The molecule has 0 fully saturated rings. The molecule has 0 aromatic carbocycles. The van der Waals surface area contributed by atoms with E-state index in [0.29, 0.717) is 24.2 Å². The number of aliphatic hydroxyl groups excluding tert-OH is 1. The molecule has 0 saturated carbocycles. The monoisotopic (exact) mass is 272 g/mol. The fraction of sp³-hybridized carbons (Fsp3) is 0.200. The lowest BCUT2D eigenvalue weighted by Crippen LogP contribution is -2.15. The van der Waals surface area contributed by atoms with Gasteiger partial charge in [0.1, 0.15) is 0 Å². The van der Waals surface area contributed by atoms with Crippen LogP contribution in [0.1, 0.15) is 23.2 Å². The normalized spacial score (nSPS) is 10.9. The highest BCUT2D eigenvalue weighted by Crippen LogP contribution is 2.18. The molecule has 1 aromatic heterocycles. The molecule has 0 radical (unpaired) electrons. The van der Waals surface area contributed by atoms with Gasteiger partial charge in [0, 0.05) is 42.7 Å². The Labute approximate surface area is 119 Å². The summed E-state index contributed by atoms with van der Waals surface area (Å²) < 4.78 is 0. The summed E-state index contributed by atoms with van der Waals surface area (Å²) >= 11 is 0. The molecule has 106 valence electrons. The fourth-order valence-corrected chi connectivity index (χ4v) is 1.72. The van der Waals surface area contributed by atoms with Crippen molar-refractivity contribution in [3.63, 3.8) is 0 Å². The van der Waals surface area contributed by atoms with Gasteiger partial charge in [-0.2, -0.15) is 0 Å². The average molecular weight is 272 g/mol. The summed E-state index contributed by atoms with van der Waals surface area (Å²) in [6.07, 6.45) is 4.69. The molecule has 20 heavy (non-hydrogen) atoms. The topological polar surface area (TPSA) is 95.0 Å². The van der Waals surface area contributed by atoms with Gasteiger partial charge < -0.3 is 21.6 Å². The predicted molar refractivity (Wildman–Crippen MR) is 83.3 cm³/mol. The van der Waals surface area contributed by atoms with Gasteiger partial charge in [0.2, 0.25) is 0 Å². The average Bonchev–Trinajstić information content (AvgIpc) is 2.39. The van der Waals surface area contributed by atoms with Gasteiger partial charge >= 0.3 is 0 Å². The van der Waals surface area contributed by atoms with Crippen LogP contribution in [0.2, 0.25) is 0 Å². The summed E-state index contributed by atoms with van der Waals surface area (Å²) in [6.45, 7) is 9.82. The van der Waals surface area contributed by atoms with E-state index in [4.69, 9.17) is 16.2 Å². The molecule has 5 nitrogen and oxygen atoms in total. The second kappa shape index (κ2) is 7.13. The summed E-state index contributed by atoms with van der Waals surface area (Å²) in [5.41, 5.74) is 9.23. The van der Waals surface area contributed by atoms with Gasteiger partial charge in [-0.3, -0.25) is 4.98 Å². The lowest BCUT2D eigenvalue weighted by molar-refractivity contribution is 0.391. The molecular formula is C15H20N4O. The number of nitrogens with two attached hydrogens (primary N) is 1. The van der Waals surface area contributed by atoms with Gasteiger partial charge in [0.05, 0.1) is 17.2 Å². The maximum absolute atomic E-state index is 9.02. The van der Waals surface area contributed by atoms with Crippen molar-refractivity contribution in [1.29, 1.82) is 5.41 Å². The minimum Gasteiger partial charge on any atom is -0.513 e. The van der Waals surface area contributed by atoms with E-state index in [1.807, 2.05) is 13.0 Å². The molecule has 0 amide bonds. The van der Waals surface area contributed by atoms with E-state index < -0.39 is 0 Å². The van der Waals surface area contributed by atoms with Crippen molar-refractivity contribution in [1.82, 2.24) is 10.3 Å². The van der Waals surface area contributed by atoms with Crippen LogP contribution in [0.15, 0.2) is 37.4 Å². The van der Waals surface area contributed by atoms with Crippen LogP contribution in [0.5, 0.6) is 0 Å². The number of nitrogens with zero attached hydrogens (tertiary/aromatic N) is 1. The Bertz CT molecular complexity index is 561. The zero-order valence-electron chi connectivity index (χ0n) is 11.6. The highest BCUT2D eigenvalue weighted by atomic mass is 16.3. The Kier molecular flexibility index (Phi) is 5.53. The third-order valence-corrected chi connectivity index (χ3v) is 2.78. The Morgan fingerprint density at radius 1 is 1.55 bits per heavy atom. The second-order valence-corrected chi connectivity index (χ2v) is 4.38. The number of pyridine rings is 1. The van der Waals surface area contributed by atoms with E-state index in [1.54, 1.807) is 6.20 Å². The van der Waals surface area contributed by atoms with Gasteiger partial charge in [0.15, 0.2) is 0 Å². The lowest BCUT2D eigenvalue weighted by Gasteiger charge is -2.12. The van der Waals surface area contributed by atoms with Crippen LogP contribution in [0.4, 0.5) is 0 Å². The fourth-order valence-electron chi connectivity index (χ4n) is 1.72. The number of nitrogens with one attached hydrogen (secondary N) is 2. The van der Waals surface area contributed by atoms with Gasteiger partial charge in [-0.05, 0) is 18.6 Å². The standard InChI is InChI=1S/C15H20N4O/c1-10-6-13(14(7-16)8-17)9-19-15(10)12(3)18-5-4-11(2)20/h6-9,16,18,20H,2-5,17H2,1H3/b14-8+,16-7?. The molecule has 1 heterocycles. The first kappa shape index (κ1) is 15.5. The summed E-state index contributed by atoms with van der Waals surface area (Å²) in [5, 5.41) is 19.4. The molecule has 0 bridgehead atoms. The van der Waals surface area contributed by atoms with Crippen molar-refractivity contribution in [2.45, 2.75) is 13.3 Å². The second-order valence-electron chi connectivity index (χ2n) is 4.38. The lowest BCUT2D eigenvalue weighted by atomic mass is 10.1. The number of aryl methyl sites for hydroxylation is 1. The first-order valence-electron chi connectivity index (χ1n) is 6.19. The number of hydrogen-bond acceptors (Lipinski definition) is 5. The van der Waals surface area contributed by atoms with Crippen molar-refractivity contribution >= 4 is 17.5 Å². The Morgan fingerprint density at radius 2 is 2.25 bits per heavy atom. The summed E-state index contributed by atoms with van der Waals surface area (Å²) in [4.78, 5) is 4.35. The molecule has 0 aliphatic rings. The minimum absolute atomic E-state index is 0.133. The molecule has 0 aliphatic heterocycles. The molecule has 5 heteroatoms. The van der Waals surface area contributed by atoms with Crippen LogP contribution in [0.25, 0.3) is 11.3 Å². The molecule has 0 aliphatic carbocycles. The number of aromatic nitrogens is 1. The van der Waals surface area contributed by atoms with Crippen molar-refractivity contribution < 1.29 is 5.11 Å². The zero-order chi connectivity index (χ0) is 15.1. The molecule has 0 saturated heterocycles. The Balaban J connectivity index is 2.85. The Hall–Kier alpha value is -2.56. The van der Waals surface area contributed by atoms with Crippen LogP contribution in [-0.4, -0.2) is 22.8 Å². The highest BCUT2D eigenvalue weighted by molar-refractivity contribution is 6.08. The van der Waals surface area contributed by atoms with E-state index in [2.05, 4.69) is 23.5 Å². The van der Waals surface area contributed by atoms with E-state index >= 15 is 0 Å². The maximum atomic E-state index is 9.02. The third kappa shape index (κ3) is 3.98. The number of hydrogen-bond donors (Lipinski definition) is 4. The van der Waals surface area contributed by atoms with Crippen molar-refractivity contribution in [3.8, 4) is 0 Å². The molecule has 0 unspecified atom stereocenters. The quantitative estimate of drug-likeness (QED) is 0.452. The predicted octanol–water partition coefficient (Wildman–Crippen LogP) is 2.36. The summed E-state index contributed by atoms with van der Waals surface area (Å²) in [7, 11) is 0. The van der Waals surface area contributed by atoms with Crippen molar-refractivity contribution in [2.24, 2.45) is 5.73 Å².